The Morgan fingerprint density at radius 3 is 2.64 bits per heavy atom. The molecule has 0 radical (unpaired) electrons. The minimum absolute atomic E-state index is 0.0977. The zero-order valence-electron chi connectivity index (χ0n) is 13.0. The van der Waals surface area contributed by atoms with Gasteiger partial charge in [0.25, 0.3) is 0 Å². The molecule has 2 saturated carbocycles. The van der Waals surface area contributed by atoms with Crippen LogP contribution in [0.2, 0.25) is 0 Å². The fourth-order valence-electron chi connectivity index (χ4n) is 3.41. The largest absolute Gasteiger partial charge is 0.465 e. The maximum Gasteiger partial charge on any atom is 0.330 e. The van der Waals surface area contributed by atoms with Gasteiger partial charge in [-0.15, -0.1) is 0 Å². The second-order valence-corrected chi connectivity index (χ2v) is 6.44. The van der Waals surface area contributed by atoms with Gasteiger partial charge in [0.05, 0.1) is 18.6 Å². The van der Waals surface area contributed by atoms with Crippen molar-refractivity contribution in [1.82, 2.24) is 0 Å². The molecular weight excluding hydrogens is 284 g/mol. The lowest BCUT2D eigenvalue weighted by atomic mass is 9.86. The van der Waals surface area contributed by atoms with Crippen LogP contribution in [0.4, 0.5) is 0 Å². The summed E-state index contributed by atoms with van der Waals surface area (Å²) in [5, 5.41) is 9.62. The van der Waals surface area contributed by atoms with Crippen LogP contribution in [0.1, 0.15) is 51.4 Å². The van der Waals surface area contributed by atoms with E-state index in [9.17, 15) is 14.7 Å². The molecule has 1 N–H and O–H groups in total. The lowest BCUT2D eigenvalue weighted by Crippen LogP contribution is -2.31. The summed E-state index contributed by atoms with van der Waals surface area (Å²) in [7, 11) is 0. The molecule has 5 heteroatoms. The summed E-state index contributed by atoms with van der Waals surface area (Å²) in [5.41, 5.74) is 0. The third kappa shape index (κ3) is 5.13. The summed E-state index contributed by atoms with van der Waals surface area (Å²) in [6.07, 6.45) is 7.25. The zero-order valence-corrected chi connectivity index (χ0v) is 13.0. The van der Waals surface area contributed by atoms with Gasteiger partial charge >= 0.3 is 11.9 Å². The van der Waals surface area contributed by atoms with Crippen molar-refractivity contribution in [2.24, 2.45) is 11.8 Å². The van der Waals surface area contributed by atoms with E-state index < -0.39 is 0 Å². The Bertz CT molecular complexity index is 406. The fourth-order valence-corrected chi connectivity index (χ4v) is 3.41. The van der Waals surface area contributed by atoms with E-state index in [4.69, 9.17) is 9.47 Å². The quantitative estimate of drug-likeness (QED) is 0.623. The molecule has 2 rings (SSSR count). The molecule has 124 valence electrons. The van der Waals surface area contributed by atoms with Gasteiger partial charge in [0.1, 0.15) is 6.10 Å². The first-order valence-corrected chi connectivity index (χ1v) is 8.26. The van der Waals surface area contributed by atoms with Gasteiger partial charge in [-0.25, -0.2) is 4.79 Å². The van der Waals surface area contributed by atoms with Crippen molar-refractivity contribution in [2.75, 3.05) is 6.61 Å². The molecule has 22 heavy (non-hydrogen) atoms. The van der Waals surface area contributed by atoms with Gasteiger partial charge in [0.2, 0.25) is 0 Å². The third-order valence-corrected chi connectivity index (χ3v) is 4.63. The molecule has 0 aromatic carbocycles. The molecule has 2 fully saturated rings. The molecule has 0 aromatic rings. The van der Waals surface area contributed by atoms with Crippen LogP contribution < -0.4 is 0 Å². The second kappa shape index (κ2) is 8.32. The van der Waals surface area contributed by atoms with E-state index >= 15 is 0 Å². The number of carbonyl (C=O) groups is 2. The Morgan fingerprint density at radius 2 is 1.91 bits per heavy atom. The molecule has 0 saturated heterocycles. The normalized spacial score (nSPS) is 32.0. The summed E-state index contributed by atoms with van der Waals surface area (Å²) < 4.78 is 10.7. The predicted molar refractivity (Wildman–Crippen MR) is 81.0 cm³/mol. The molecule has 4 atom stereocenters. The van der Waals surface area contributed by atoms with Gasteiger partial charge in [-0.1, -0.05) is 13.0 Å². The van der Waals surface area contributed by atoms with Crippen molar-refractivity contribution in [3.63, 3.8) is 0 Å². The Kier molecular flexibility index (Phi) is 6.43. The Hall–Kier alpha value is -1.36. The van der Waals surface area contributed by atoms with Crippen molar-refractivity contribution in [2.45, 2.75) is 63.6 Å². The van der Waals surface area contributed by atoms with Crippen LogP contribution in [0.5, 0.6) is 0 Å². The van der Waals surface area contributed by atoms with Crippen molar-refractivity contribution >= 4 is 11.9 Å². The average molecular weight is 310 g/mol. The van der Waals surface area contributed by atoms with Crippen LogP contribution in [0.3, 0.4) is 0 Å². The van der Waals surface area contributed by atoms with Crippen LogP contribution in [0.25, 0.3) is 0 Å². The summed E-state index contributed by atoms with van der Waals surface area (Å²) in [6, 6.07) is 0. The molecule has 0 bridgehead atoms. The van der Waals surface area contributed by atoms with E-state index in [2.05, 4.69) is 6.58 Å². The maximum atomic E-state index is 12.1. The SMILES string of the molecule is C=CC(=O)OC1CCCC(COC(=O)C2CCCC(O)C2)C1. The predicted octanol–water partition coefficient (Wildman–Crippen LogP) is 2.37. The molecule has 0 spiro atoms. The molecule has 0 amide bonds. The van der Waals surface area contributed by atoms with Gasteiger partial charge in [-0.2, -0.15) is 0 Å². The molecule has 2 aliphatic carbocycles. The van der Waals surface area contributed by atoms with Crippen molar-refractivity contribution < 1.29 is 24.2 Å². The molecular formula is C17H26O5. The number of hydrogen-bond donors (Lipinski definition) is 1. The minimum Gasteiger partial charge on any atom is -0.465 e. The molecule has 0 aromatic heterocycles. The second-order valence-electron chi connectivity index (χ2n) is 6.44. The smallest absolute Gasteiger partial charge is 0.330 e. The number of aliphatic hydroxyl groups is 1. The fraction of sp³-hybridized carbons (Fsp3) is 0.765. The van der Waals surface area contributed by atoms with Gasteiger partial charge < -0.3 is 14.6 Å². The summed E-state index contributed by atoms with van der Waals surface area (Å²) in [6.45, 7) is 3.78. The van der Waals surface area contributed by atoms with Crippen LogP contribution >= 0.6 is 0 Å². The molecule has 2 aliphatic rings. The van der Waals surface area contributed by atoms with Crippen molar-refractivity contribution in [1.29, 1.82) is 0 Å². The highest BCUT2D eigenvalue weighted by molar-refractivity contribution is 5.81. The third-order valence-electron chi connectivity index (χ3n) is 4.63. The van der Waals surface area contributed by atoms with Gasteiger partial charge in [-0.3, -0.25) is 4.79 Å². The molecule has 5 nitrogen and oxygen atoms in total. The monoisotopic (exact) mass is 310 g/mol. The summed E-state index contributed by atoms with van der Waals surface area (Å²) in [4.78, 5) is 23.3. The van der Waals surface area contributed by atoms with Gasteiger partial charge in [0.15, 0.2) is 0 Å². The summed E-state index contributed by atoms with van der Waals surface area (Å²) in [5.74, 6) is -0.502. The number of hydrogen-bond acceptors (Lipinski definition) is 5. The Morgan fingerprint density at radius 1 is 1.14 bits per heavy atom. The van der Waals surface area contributed by atoms with Crippen LogP contribution in [-0.2, 0) is 19.1 Å². The first-order chi connectivity index (χ1) is 10.6. The zero-order chi connectivity index (χ0) is 15.9. The molecule has 0 aliphatic heterocycles. The standard InChI is InChI=1S/C17H26O5/c1-2-16(19)22-15-8-3-5-12(9-15)11-21-17(20)13-6-4-7-14(18)10-13/h2,12-15,18H,1,3-11H2. The first kappa shape index (κ1) is 17.0. The number of esters is 2. The van der Waals surface area contributed by atoms with Crippen molar-refractivity contribution in [3.05, 3.63) is 12.7 Å². The Labute approximate surface area is 131 Å². The number of rotatable bonds is 5. The molecule has 0 heterocycles. The topological polar surface area (TPSA) is 72.8 Å². The molecule has 4 unspecified atom stereocenters. The van der Waals surface area contributed by atoms with Crippen LogP contribution in [-0.4, -0.2) is 35.9 Å². The highest BCUT2D eigenvalue weighted by Gasteiger charge is 2.29. The van der Waals surface area contributed by atoms with E-state index in [-0.39, 0.29) is 36.0 Å². The lowest BCUT2D eigenvalue weighted by Gasteiger charge is -2.29. The highest BCUT2D eigenvalue weighted by Crippen LogP contribution is 2.29. The van der Waals surface area contributed by atoms with Gasteiger partial charge in [-0.05, 0) is 50.9 Å². The van der Waals surface area contributed by atoms with Crippen molar-refractivity contribution in [3.8, 4) is 0 Å². The van der Waals surface area contributed by atoms with E-state index in [0.717, 1.165) is 44.9 Å². The van der Waals surface area contributed by atoms with E-state index in [1.807, 2.05) is 0 Å². The summed E-state index contributed by atoms with van der Waals surface area (Å²) >= 11 is 0. The first-order valence-electron chi connectivity index (χ1n) is 8.26. The number of carbonyl (C=O) groups excluding carboxylic acids is 2. The van der Waals surface area contributed by atoms with E-state index in [1.165, 1.54) is 6.08 Å². The maximum absolute atomic E-state index is 12.1. The van der Waals surface area contributed by atoms with Crippen LogP contribution in [0, 0.1) is 11.8 Å². The lowest BCUT2D eigenvalue weighted by molar-refractivity contribution is -0.155. The van der Waals surface area contributed by atoms with Gasteiger partial charge in [0, 0.05) is 6.08 Å². The minimum atomic E-state index is -0.390. The van der Waals surface area contributed by atoms with Crippen LogP contribution in [0.15, 0.2) is 12.7 Å². The average Bonchev–Trinajstić information content (AvgIpc) is 2.53. The Balaban J connectivity index is 1.72. The van der Waals surface area contributed by atoms with E-state index in [0.29, 0.717) is 13.0 Å². The highest BCUT2D eigenvalue weighted by atomic mass is 16.5. The number of aliphatic hydroxyl groups excluding tert-OH is 1. The number of ether oxygens (including phenoxy) is 2. The van der Waals surface area contributed by atoms with E-state index in [1.54, 1.807) is 0 Å².